The summed E-state index contributed by atoms with van der Waals surface area (Å²) in [6.07, 6.45) is 8.98. The van der Waals surface area contributed by atoms with Crippen LogP contribution in [0.2, 0.25) is 0 Å². The molecule has 27 heavy (non-hydrogen) atoms. The van der Waals surface area contributed by atoms with Crippen molar-refractivity contribution >= 4 is 16.6 Å². The molecule has 134 valence electrons. The number of carbonyl (C=O) groups is 1. The predicted octanol–water partition coefficient (Wildman–Crippen LogP) is 3.77. The van der Waals surface area contributed by atoms with Crippen molar-refractivity contribution in [3.8, 4) is 11.3 Å². The summed E-state index contributed by atoms with van der Waals surface area (Å²) < 4.78 is 1.75. The van der Waals surface area contributed by atoms with E-state index in [1.807, 2.05) is 49.8 Å². The standard InChI is InChI=1S/C22H20N4O/c1-26-15-19(14-25-26)22-10-17-9-20(23-12-18(17)13-24-22)11-21(27)8-7-16-5-3-2-4-6-16/h2-6,9-10,12-15H,7-8,11H2,1H3. The number of carbonyl (C=O) groups excluding carboxylic acids is 1. The van der Waals surface area contributed by atoms with Crippen molar-refractivity contribution in [2.45, 2.75) is 19.3 Å². The van der Waals surface area contributed by atoms with E-state index in [0.717, 1.165) is 34.1 Å². The molecule has 0 saturated heterocycles. The maximum Gasteiger partial charge on any atom is 0.139 e. The number of aromatic nitrogens is 4. The molecule has 0 aliphatic heterocycles. The van der Waals surface area contributed by atoms with E-state index in [1.165, 1.54) is 5.56 Å². The second-order valence-electron chi connectivity index (χ2n) is 6.70. The Morgan fingerprint density at radius 2 is 1.81 bits per heavy atom. The molecule has 0 spiro atoms. The van der Waals surface area contributed by atoms with E-state index >= 15 is 0 Å². The molecule has 0 atom stereocenters. The average Bonchev–Trinajstić information content (AvgIpc) is 3.13. The molecule has 0 amide bonds. The molecule has 0 N–H and O–H groups in total. The molecule has 3 heterocycles. The lowest BCUT2D eigenvalue weighted by Crippen LogP contribution is -2.05. The molecule has 5 nitrogen and oxygen atoms in total. The van der Waals surface area contributed by atoms with Crippen LogP contribution in [-0.2, 0) is 24.7 Å². The van der Waals surface area contributed by atoms with Gasteiger partial charge < -0.3 is 0 Å². The molecule has 0 fully saturated rings. The van der Waals surface area contributed by atoms with Crippen molar-refractivity contribution in [1.82, 2.24) is 19.7 Å². The molecule has 5 heteroatoms. The Hall–Kier alpha value is -3.34. The van der Waals surface area contributed by atoms with Gasteiger partial charge in [0.1, 0.15) is 5.78 Å². The van der Waals surface area contributed by atoms with Crippen LogP contribution in [0.15, 0.2) is 67.3 Å². The number of ketones is 1. The molecule has 3 aromatic heterocycles. The van der Waals surface area contributed by atoms with E-state index in [-0.39, 0.29) is 5.78 Å². The summed E-state index contributed by atoms with van der Waals surface area (Å²) in [5.74, 6) is 0.201. The second kappa shape index (κ2) is 7.50. The van der Waals surface area contributed by atoms with Crippen LogP contribution in [-0.4, -0.2) is 25.5 Å². The van der Waals surface area contributed by atoms with Gasteiger partial charge in [-0.05, 0) is 29.5 Å². The SMILES string of the molecule is Cn1cc(-c2cc3cc(CC(=O)CCc4ccccc4)ncc3cn2)cn1. The molecule has 4 rings (SSSR count). The Morgan fingerprint density at radius 1 is 1.00 bits per heavy atom. The van der Waals surface area contributed by atoms with Crippen LogP contribution in [0, 0.1) is 0 Å². The number of nitrogens with zero attached hydrogens (tertiary/aromatic N) is 4. The predicted molar refractivity (Wildman–Crippen MR) is 105 cm³/mol. The minimum Gasteiger partial charge on any atom is -0.299 e. The first kappa shape index (κ1) is 17.1. The van der Waals surface area contributed by atoms with Gasteiger partial charge in [-0.1, -0.05) is 30.3 Å². The van der Waals surface area contributed by atoms with E-state index in [2.05, 4.69) is 27.2 Å². The number of Topliss-reactive ketones (excluding diaryl/α,β-unsaturated/α-hetero) is 1. The summed E-state index contributed by atoms with van der Waals surface area (Å²) in [6, 6.07) is 14.1. The summed E-state index contributed by atoms with van der Waals surface area (Å²) in [6.45, 7) is 0. The Bertz CT molecular complexity index is 1090. The van der Waals surface area contributed by atoms with Gasteiger partial charge in [-0.25, -0.2) is 0 Å². The number of hydrogen-bond acceptors (Lipinski definition) is 4. The normalized spacial score (nSPS) is 11.0. The van der Waals surface area contributed by atoms with Crippen LogP contribution < -0.4 is 0 Å². The topological polar surface area (TPSA) is 60.7 Å². The van der Waals surface area contributed by atoms with Gasteiger partial charge in [-0.2, -0.15) is 5.10 Å². The highest BCUT2D eigenvalue weighted by molar-refractivity contribution is 5.86. The van der Waals surface area contributed by atoms with Gasteiger partial charge in [0, 0.05) is 55.1 Å². The lowest BCUT2D eigenvalue weighted by Gasteiger charge is -2.05. The molecule has 0 radical (unpaired) electrons. The first-order chi connectivity index (χ1) is 13.2. The zero-order valence-corrected chi connectivity index (χ0v) is 15.2. The molecule has 1 aromatic carbocycles. The van der Waals surface area contributed by atoms with Crippen LogP contribution in [0.1, 0.15) is 17.7 Å². The summed E-state index contributed by atoms with van der Waals surface area (Å²) >= 11 is 0. The molecular formula is C22H20N4O. The monoisotopic (exact) mass is 356 g/mol. The van der Waals surface area contributed by atoms with Gasteiger partial charge in [-0.15, -0.1) is 0 Å². The summed E-state index contributed by atoms with van der Waals surface area (Å²) in [4.78, 5) is 21.3. The number of aryl methyl sites for hydroxylation is 2. The van der Waals surface area contributed by atoms with E-state index in [1.54, 1.807) is 17.1 Å². The van der Waals surface area contributed by atoms with E-state index in [0.29, 0.717) is 12.8 Å². The summed E-state index contributed by atoms with van der Waals surface area (Å²) in [5.41, 5.74) is 3.81. The van der Waals surface area contributed by atoms with Crippen molar-refractivity contribution in [3.63, 3.8) is 0 Å². The largest absolute Gasteiger partial charge is 0.299 e. The fourth-order valence-corrected chi connectivity index (χ4v) is 3.11. The van der Waals surface area contributed by atoms with Crippen molar-refractivity contribution < 1.29 is 4.79 Å². The quantitative estimate of drug-likeness (QED) is 0.527. The first-order valence-corrected chi connectivity index (χ1v) is 8.97. The minimum absolute atomic E-state index is 0.201. The molecule has 0 unspecified atom stereocenters. The van der Waals surface area contributed by atoms with Crippen molar-refractivity contribution in [2.24, 2.45) is 7.05 Å². The van der Waals surface area contributed by atoms with E-state index < -0.39 is 0 Å². The first-order valence-electron chi connectivity index (χ1n) is 8.97. The Balaban J connectivity index is 1.49. The fraction of sp³-hybridized carbons (Fsp3) is 0.182. The van der Waals surface area contributed by atoms with Crippen LogP contribution in [0.5, 0.6) is 0 Å². The van der Waals surface area contributed by atoms with Gasteiger partial charge in [0.05, 0.1) is 11.9 Å². The third-order valence-electron chi connectivity index (χ3n) is 4.57. The highest BCUT2D eigenvalue weighted by Gasteiger charge is 2.08. The Morgan fingerprint density at radius 3 is 2.59 bits per heavy atom. The Kier molecular flexibility index (Phi) is 4.75. The van der Waals surface area contributed by atoms with Crippen molar-refractivity contribution in [2.75, 3.05) is 0 Å². The number of hydrogen-bond donors (Lipinski definition) is 0. The van der Waals surface area contributed by atoms with E-state index in [9.17, 15) is 4.79 Å². The number of pyridine rings is 2. The summed E-state index contributed by atoms with van der Waals surface area (Å²) in [5, 5.41) is 6.19. The highest BCUT2D eigenvalue weighted by Crippen LogP contribution is 2.22. The zero-order valence-electron chi connectivity index (χ0n) is 15.2. The number of rotatable bonds is 6. The zero-order chi connectivity index (χ0) is 18.6. The highest BCUT2D eigenvalue weighted by atomic mass is 16.1. The molecule has 0 bridgehead atoms. The smallest absolute Gasteiger partial charge is 0.139 e. The summed E-state index contributed by atoms with van der Waals surface area (Å²) in [7, 11) is 1.88. The lowest BCUT2D eigenvalue weighted by molar-refractivity contribution is -0.118. The maximum atomic E-state index is 12.3. The van der Waals surface area contributed by atoms with Crippen LogP contribution in [0.3, 0.4) is 0 Å². The third-order valence-corrected chi connectivity index (χ3v) is 4.57. The van der Waals surface area contributed by atoms with Gasteiger partial charge >= 0.3 is 0 Å². The molecule has 0 aliphatic rings. The van der Waals surface area contributed by atoms with E-state index in [4.69, 9.17) is 0 Å². The fourth-order valence-electron chi connectivity index (χ4n) is 3.11. The lowest BCUT2D eigenvalue weighted by atomic mass is 10.0. The van der Waals surface area contributed by atoms with Crippen LogP contribution >= 0.6 is 0 Å². The maximum absolute atomic E-state index is 12.3. The molecule has 4 aromatic rings. The average molecular weight is 356 g/mol. The number of benzene rings is 1. The molecule has 0 aliphatic carbocycles. The molecule has 0 saturated carbocycles. The van der Waals surface area contributed by atoms with Gasteiger partial charge in [0.25, 0.3) is 0 Å². The van der Waals surface area contributed by atoms with Gasteiger partial charge in [-0.3, -0.25) is 19.4 Å². The van der Waals surface area contributed by atoms with Crippen LogP contribution in [0.4, 0.5) is 0 Å². The third kappa shape index (κ3) is 4.08. The van der Waals surface area contributed by atoms with Crippen molar-refractivity contribution in [1.29, 1.82) is 0 Å². The Labute approximate surface area is 157 Å². The number of fused-ring (bicyclic) bond motifs is 1. The van der Waals surface area contributed by atoms with Gasteiger partial charge in [0.2, 0.25) is 0 Å². The minimum atomic E-state index is 0.201. The van der Waals surface area contributed by atoms with Crippen molar-refractivity contribution in [3.05, 3.63) is 78.5 Å². The van der Waals surface area contributed by atoms with Crippen LogP contribution in [0.25, 0.3) is 22.0 Å². The second-order valence-corrected chi connectivity index (χ2v) is 6.70. The van der Waals surface area contributed by atoms with Gasteiger partial charge in [0.15, 0.2) is 0 Å². The molecular weight excluding hydrogens is 336 g/mol.